The van der Waals surface area contributed by atoms with E-state index in [0.29, 0.717) is 0 Å². The number of hydrogen-bond acceptors (Lipinski definition) is 2. The standard InChI is InChI=1S/C13H28N2/c1-4-12(3)10-15(5-2)11-13-7-6-8-14-9-13/h12-14H,4-11H2,1-3H3. The Morgan fingerprint density at radius 1 is 1.40 bits per heavy atom. The molecule has 0 radical (unpaired) electrons. The highest BCUT2D eigenvalue weighted by Crippen LogP contribution is 2.13. The van der Waals surface area contributed by atoms with Crippen molar-refractivity contribution in [3.63, 3.8) is 0 Å². The molecule has 2 unspecified atom stereocenters. The fourth-order valence-corrected chi connectivity index (χ4v) is 2.35. The number of rotatable bonds is 6. The zero-order valence-electron chi connectivity index (χ0n) is 10.8. The molecule has 0 aromatic carbocycles. The van der Waals surface area contributed by atoms with Crippen LogP contribution < -0.4 is 5.32 Å². The van der Waals surface area contributed by atoms with Crippen LogP contribution in [-0.2, 0) is 0 Å². The van der Waals surface area contributed by atoms with Crippen molar-refractivity contribution >= 4 is 0 Å². The normalized spacial score (nSPS) is 24.4. The fraction of sp³-hybridized carbons (Fsp3) is 1.00. The van der Waals surface area contributed by atoms with E-state index < -0.39 is 0 Å². The van der Waals surface area contributed by atoms with Crippen LogP contribution in [0.4, 0.5) is 0 Å². The van der Waals surface area contributed by atoms with Crippen molar-refractivity contribution in [3.8, 4) is 0 Å². The van der Waals surface area contributed by atoms with Gasteiger partial charge in [0.05, 0.1) is 0 Å². The first-order valence-electron chi connectivity index (χ1n) is 6.69. The molecule has 0 aromatic heterocycles. The van der Waals surface area contributed by atoms with Gasteiger partial charge in [0.15, 0.2) is 0 Å². The molecule has 0 bridgehead atoms. The van der Waals surface area contributed by atoms with Crippen molar-refractivity contribution in [1.82, 2.24) is 10.2 Å². The van der Waals surface area contributed by atoms with E-state index in [1.807, 2.05) is 0 Å². The van der Waals surface area contributed by atoms with E-state index in [1.54, 1.807) is 0 Å². The molecule has 0 amide bonds. The molecule has 2 heteroatoms. The van der Waals surface area contributed by atoms with Gasteiger partial charge in [0.2, 0.25) is 0 Å². The lowest BCUT2D eigenvalue weighted by Gasteiger charge is -2.30. The van der Waals surface area contributed by atoms with Crippen molar-refractivity contribution in [3.05, 3.63) is 0 Å². The van der Waals surface area contributed by atoms with Crippen molar-refractivity contribution in [2.75, 3.05) is 32.7 Å². The van der Waals surface area contributed by atoms with E-state index in [2.05, 4.69) is 31.0 Å². The monoisotopic (exact) mass is 212 g/mol. The van der Waals surface area contributed by atoms with E-state index in [4.69, 9.17) is 0 Å². The third kappa shape index (κ3) is 4.98. The van der Waals surface area contributed by atoms with Gasteiger partial charge in [0.25, 0.3) is 0 Å². The number of nitrogens with zero attached hydrogens (tertiary/aromatic N) is 1. The largest absolute Gasteiger partial charge is 0.316 e. The highest BCUT2D eigenvalue weighted by molar-refractivity contribution is 4.73. The fourth-order valence-electron chi connectivity index (χ4n) is 2.35. The third-order valence-electron chi connectivity index (χ3n) is 3.63. The topological polar surface area (TPSA) is 15.3 Å². The highest BCUT2D eigenvalue weighted by Gasteiger charge is 2.16. The molecular weight excluding hydrogens is 184 g/mol. The van der Waals surface area contributed by atoms with Gasteiger partial charge < -0.3 is 10.2 Å². The van der Waals surface area contributed by atoms with Gasteiger partial charge in [-0.25, -0.2) is 0 Å². The second-order valence-electron chi connectivity index (χ2n) is 5.08. The van der Waals surface area contributed by atoms with Gasteiger partial charge in [-0.2, -0.15) is 0 Å². The predicted molar refractivity (Wildman–Crippen MR) is 67.2 cm³/mol. The minimum absolute atomic E-state index is 0.849. The summed E-state index contributed by atoms with van der Waals surface area (Å²) in [5.74, 6) is 1.74. The minimum atomic E-state index is 0.849. The molecule has 0 aliphatic carbocycles. The van der Waals surface area contributed by atoms with Crippen LogP contribution >= 0.6 is 0 Å². The van der Waals surface area contributed by atoms with Gasteiger partial charge in [-0.1, -0.05) is 27.2 Å². The van der Waals surface area contributed by atoms with Crippen LogP contribution in [0.1, 0.15) is 40.0 Å². The molecule has 1 saturated heterocycles. The van der Waals surface area contributed by atoms with Gasteiger partial charge in [-0.15, -0.1) is 0 Å². The molecule has 1 heterocycles. The van der Waals surface area contributed by atoms with Crippen molar-refractivity contribution in [1.29, 1.82) is 0 Å². The summed E-state index contributed by atoms with van der Waals surface area (Å²) in [4.78, 5) is 2.63. The van der Waals surface area contributed by atoms with Gasteiger partial charge in [-0.3, -0.25) is 0 Å². The summed E-state index contributed by atoms with van der Waals surface area (Å²) in [6.45, 7) is 13.2. The molecule has 2 atom stereocenters. The van der Waals surface area contributed by atoms with Crippen molar-refractivity contribution in [2.45, 2.75) is 40.0 Å². The van der Waals surface area contributed by atoms with Gasteiger partial charge >= 0.3 is 0 Å². The average molecular weight is 212 g/mol. The first-order chi connectivity index (χ1) is 7.26. The molecule has 1 rings (SSSR count). The first kappa shape index (κ1) is 13.0. The lowest BCUT2D eigenvalue weighted by Crippen LogP contribution is -2.39. The molecule has 2 nitrogen and oxygen atoms in total. The Hall–Kier alpha value is -0.0800. The Morgan fingerprint density at radius 3 is 2.73 bits per heavy atom. The summed E-state index contributed by atoms with van der Waals surface area (Å²) >= 11 is 0. The Bertz CT molecular complexity index is 153. The summed E-state index contributed by atoms with van der Waals surface area (Å²) in [6.07, 6.45) is 4.09. The maximum absolute atomic E-state index is 3.50. The highest BCUT2D eigenvalue weighted by atomic mass is 15.1. The van der Waals surface area contributed by atoms with Crippen molar-refractivity contribution < 1.29 is 0 Å². The second-order valence-corrected chi connectivity index (χ2v) is 5.08. The van der Waals surface area contributed by atoms with E-state index in [-0.39, 0.29) is 0 Å². The Labute approximate surface area is 95.4 Å². The number of hydrogen-bond donors (Lipinski definition) is 1. The van der Waals surface area contributed by atoms with E-state index >= 15 is 0 Å². The molecule has 1 N–H and O–H groups in total. The van der Waals surface area contributed by atoms with E-state index in [0.717, 1.165) is 11.8 Å². The lowest BCUT2D eigenvalue weighted by molar-refractivity contribution is 0.192. The molecule has 0 spiro atoms. The summed E-state index contributed by atoms with van der Waals surface area (Å²) < 4.78 is 0. The van der Waals surface area contributed by atoms with Crippen LogP contribution in [0.3, 0.4) is 0 Å². The average Bonchev–Trinajstić information content (AvgIpc) is 2.29. The van der Waals surface area contributed by atoms with Crippen LogP contribution in [0.2, 0.25) is 0 Å². The molecule has 0 saturated carbocycles. The minimum Gasteiger partial charge on any atom is -0.316 e. The molecule has 0 aromatic rings. The van der Waals surface area contributed by atoms with Crippen molar-refractivity contribution in [2.24, 2.45) is 11.8 Å². The van der Waals surface area contributed by atoms with E-state index in [1.165, 1.54) is 52.0 Å². The molecule has 90 valence electrons. The third-order valence-corrected chi connectivity index (χ3v) is 3.63. The maximum atomic E-state index is 3.50. The Balaban J connectivity index is 2.25. The smallest absolute Gasteiger partial charge is 0.00218 e. The summed E-state index contributed by atoms with van der Waals surface area (Å²) in [5.41, 5.74) is 0. The molecule has 15 heavy (non-hydrogen) atoms. The van der Waals surface area contributed by atoms with Crippen LogP contribution in [0, 0.1) is 11.8 Å². The molecule has 1 fully saturated rings. The molecule has 1 aliphatic rings. The summed E-state index contributed by atoms with van der Waals surface area (Å²) in [5, 5.41) is 3.50. The first-order valence-corrected chi connectivity index (χ1v) is 6.69. The summed E-state index contributed by atoms with van der Waals surface area (Å²) in [7, 11) is 0. The van der Waals surface area contributed by atoms with Gasteiger partial charge in [-0.05, 0) is 44.3 Å². The lowest BCUT2D eigenvalue weighted by atomic mass is 9.98. The van der Waals surface area contributed by atoms with Crippen LogP contribution in [0.25, 0.3) is 0 Å². The van der Waals surface area contributed by atoms with Crippen LogP contribution in [0.5, 0.6) is 0 Å². The van der Waals surface area contributed by atoms with Gasteiger partial charge in [0.1, 0.15) is 0 Å². The summed E-state index contributed by atoms with van der Waals surface area (Å²) in [6, 6.07) is 0. The number of nitrogens with one attached hydrogen (secondary N) is 1. The quantitative estimate of drug-likeness (QED) is 0.727. The molecular formula is C13H28N2. The van der Waals surface area contributed by atoms with Gasteiger partial charge in [0, 0.05) is 13.1 Å². The molecule has 1 aliphatic heterocycles. The Kier molecular flexibility index (Phi) is 6.26. The maximum Gasteiger partial charge on any atom is 0.00218 e. The van der Waals surface area contributed by atoms with E-state index in [9.17, 15) is 0 Å². The van der Waals surface area contributed by atoms with Crippen LogP contribution in [-0.4, -0.2) is 37.6 Å². The Morgan fingerprint density at radius 2 is 2.20 bits per heavy atom. The van der Waals surface area contributed by atoms with Crippen LogP contribution in [0.15, 0.2) is 0 Å². The second kappa shape index (κ2) is 7.24. The number of piperidine rings is 1. The zero-order chi connectivity index (χ0) is 11.1. The zero-order valence-corrected chi connectivity index (χ0v) is 10.8. The predicted octanol–water partition coefficient (Wildman–Crippen LogP) is 2.35. The SMILES string of the molecule is CCC(C)CN(CC)CC1CCCNC1.